The molecule has 23 heavy (non-hydrogen) atoms. The maximum atomic E-state index is 12.6. The number of nitrogens with one attached hydrogen (secondary N) is 1. The van der Waals surface area contributed by atoms with Crippen LogP contribution < -0.4 is 5.32 Å². The molecule has 0 aromatic carbocycles. The third-order valence-electron chi connectivity index (χ3n) is 4.12. The van der Waals surface area contributed by atoms with Crippen LogP contribution in [0.15, 0.2) is 12.1 Å². The summed E-state index contributed by atoms with van der Waals surface area (Å²) in [5.74, 6) is -2.45. The number of rotatable bonds is 5. The van der Waals surface area contributed by atoms with Crippen LogP contribution in [0.25, 0.3) is 0 Å². The normalized spacial score (nSPS) is 21.9. The van der Waals surface area contributed by atoms with Crippen LogP contribution >= 0.6 is 11.3 Å². The largest absolute Gasteiger partial charge is 0.477 e. The van der Waals surface area contributed by atoms with Gasteiger partial charge in [0.1, 0.15) is 4.88 Å². The third-order valence-corrected chi connectivity index (χ3v) is 5.19. The van der Waals surface area contributed by atoms with Gasteiger partial charge in [-0.1, -0.05) is 0 Å². The molecule has 0 bridgehead atoms. The Labute approximate surface area is 135 Å². The molecule has 0 aliphatic heterocycles. The van der Waals surface area contributed by atoms with Gasteiger partial charge in [0.2, 0.25) is 5.91 Å². The highest BCUT2D eigenvalue weighted by Crippen LogP contribution is 2.40. The number of aromatic carboxylic acids is 1. The zero-order valence-electron chi connectivity index (χ0n) is 12.4. The van der Waals surface area contributed by atoms with Crippen molar-refractivity contribution in [2.75, 3.05) is 0 Å². The Hall–Kier alpha value is -1.57. The molecule has 1 aliphatic rings. The number of carbonyl (C=O) groups excluding carboxylic acids is 1. The van der Waals surface area contributed by atoms with Gasteiger partial charge in [-0.15, -0.1) is 11.3 Å². The Balaban J connectivity index is 1.72. The standard InChI is InChI=1S/C15H18F3NO3S/c16-15(17,18)10-3-1-9(2-4-10)7-13(20)19-8-11-5-6-12(23-11)14(21)22/h5-6,9-10H,1-4,7-8H2,(H,19,20)(H,21,22). The van der Waals surface area contributed by atoms with Crippen molar-refractivity contribution < 1.29 is 27.9 Å². The zero-order chi connectivity index (χ0) is 17.0. The Morgan fingerprint density at radius 3 is 2.39 bits per heavy atom. The van der Waals surface area contributed by atoms with Gasteiger partial charge in [-0.3, -0.25) is 4.79 Å². The number of halogens is 3. The van der Waals surface area contributed by atoms with Crippen LogP contribution in [0.5, 0.6) is 0 Å². The van der Waals surface area contributed by atoms with E-state index in [0.717, 1.165) is 16.2 Å². The molecular formula is C15H18F3NO3S. The fraction of sp³-hybridized carbons (Fsp3) is 0.600. The lowest BCUT2D eigenvalue weighted by molar-refractivity contribution is -0.184. The number of hydrogen-bond acceptors (Lipinski definition) is 3. The van der Waals surface area contributed by atoms with Gasteiger partial charge < -0.3 is 10.4 Å². The molecule has 2 N–H and O–H groups in total. The summed E-state index contributed by atoms with van der Waals surface area (Å²) < 4.78 is 37.7. The minimum atomic E-state index is -4.13. The Morgan fingerprint density at radius 2 is 1.87 bits per heavy atom. The molecule has 1 aromatic rings. The summed E-state index contributed by atoms with van der Waals surface area (Å²) in [6.07, 6.45) is -2.89. The van der Waals surface area contributed by atoms with Gasteiger partial charge in [0.05, 0.1) is 12.5 Å². The lowest BCUT2D eigenvalue weighted by Crippen LogP contribution is -2.30. The molecule has 8 heteroatoms. The molecule has 0 radical (unpaired) electrons. The van der Waals surface area contributed by atoms with E-state index in [1.165, 1.54) is 6.07 Å². The van der Waals surface area contributed by atoms with E-state index in [-0.39, 0.29) is 42.5 Å². The molecule has 2 rings (SSSR count). The summed E-state index contributed by atoms with van der Waals surface area (Å²) in [7, 11) is 0. The first kappa shape index (κ1) is 17.8. The summed E-state index contributed by atoms with van der Waals surface area (Å²) in [6.45, 7) is 0.245. The van der Waals surface area contributed by atoms with Crippen molar-refractivity contribution in [1.29, 1.82) is 0 Å². The Kier molecular flexibility index (Phi) is 5.67. The van der Waals surface area contributed by atoms with E-state index in [9.17, 15) is 22.8 Å². The Bertz CT molecular complexity index is 563. The topological polar surface area (TPSA) is 66.4 Å². The molecule has 0 spiro atoms. The molecule has 1 saturated carbocycles. The first-order valence-electron chi connectivity index (χ1n) is 7.41. The molecule has 0 saturated heterocycles. The first-order chi connectivity index (χ1) is 10.8. The van der Waals surface area contributed by atoms with Crippen LogP contribution in [0.2, 0.25) is 0 Å². The van der Waals surface area contributed by atoms with E-state index in [4.69, 9.17) is 5.11 Å². The molecule has 4 nitrogen and oxygen atoms in total. The van der Waals surface area contributed by atoms with Gasteiger partial charge in [0.15, 0.2) is 0 Å². The molecule has 0 unspecified atom stereocenters. The lowest BCUT2D eigenvalue weighted by atomic mass is 9.80. The minimum Gasteiger partial charge on any atom is -0.477 e. The van der Waals surface area contributed by atoms with E-state index >= 15 is 0 Å². The van der Waals surface area contributed by atoms with Crippen molar-refractivity contribution in [1.82, 2.24) is 5.32 Å². The average Bonchev–Trinajstić information content (AvgIpc) is 2.94. The maximum Gasteiger partial charge on any atom is 0.391 e. The fourth-order valence-electron chi connectivity index (χ4n) is 2.80. The van der Waals surface area contributed by atoms with E-state index in [1.54, 1.807) is 6.07 Å². The summed E-state index contributed by atoms with van der Waals surface area (Å²) in [4.78, 5) is 23.6. The van der Waals surface area contributed by atoms with Crippen LogP contribution in [0, 0.1) is 11.8 Å². The number of carboxylic acids is 1. The highest BCUT2D eigenvalue weighted by molar-refractivity contribution is 7.13. The monoisotopic (exact) mass is 349 g/mol. The number of hydrogen-bond donors (Lipinski definition) is 2. The fourth-order valence-corrected chi connectivity index (χ4v) is 3.59. The quantitative estimate of drug-likeness (QED) is 0.849. The van der Waals surface area contributed by atoms with Crippen molar-refractivity contribution in [3.63, 3.8) is 0 Å². The lowest BCUT2D eigenvalue weighted by Gasteiger charge is -2.29. The predicted molar refractivity (Wildman–Crippen MR) is 79.2 cm³/mol. The van der Waals surface area contributed by atoms with Crippen LogP contribution in [-0.2, 0) is 11.3 Å². The van der Waals surface area contributed by atoms with Crippen LogP contribution in [-0.4, -0.2) is 23.2 Å². The molecule has 1 aromatic heterocycles. The third kappa shape index (κ3) is 5.23. The second-order valence-electron chi connectivity index (χ2n) is 5.81. The first-order valence-corrected chi connectivity index (χ1v) is 8.22. The van der Waals surface area contributed by atoms with Crippen LogP contribution in [0.3, 0.4) is 0 Å². The molecule has 128 valence electrons. The van der Waals surface area contributed by atoms with Gasteiger partial charge in [-0.05, 0) is 43.7 Å². The predicted octanol–water partition coefficient (Wildman–Crippen LogP) is 3.82. The summed E-state index contributed by atoms with van der Waals surface area (Å²) in [5, 5.41) is 11.5. The van der Waals surface area contributed by atoms with Crippen molar-refractivity contribution in [2.24, 2.45) is 11.8 Å². The number of alkyl halides is 3. The van der Waals surface area contributed by atoms with E-state index in [2.05, 4.69) is 5.32 Å². The van der Waals surface area contributed by atoms with Crippen LogP contribution in [0.1, 0.15) is 46.7 Å². The number of carboxylic acid groups (broad SMARTS) is 1. The van der Waals surface area contributed by atoms with Crippen molar-refractivity contribution >= 4 is 23.2 Å². The summed E-state index contributed by atoms with van der Waals surface area (Å²) >= 11 is 1.09. The van der Waals surface area contributed by atoms with Gasteiger partial charge in [0.25, 0.3) is 0 Å². The summed E-state index contributed by atoms with van der Waals surface area (Å²) in [5.41, 5.74) is 0. The number of thiophene rings is 1. The average molecular weight is 349 g/mol. The van der Waals surface area contributed by atoms with Gasteiger partial charge in [-0.2, -0.15) is 13.2 Å². The van der Waals surface area contributed by atoms with Crippen molar-refractivity contribution in [3.8, 4) is 0 Å². The minimum absolute atomic E-state index is 0.00786. The maximum absolute atomic E-state index is 12.6. The Morgan fingerprint density at radius 1 is 1.22 bits per heavy atom. The second-order valence-corrected chi connectivity index (χ2v) is 6.98. The van der Waals surface area contributed by atoms with Gasteiger partial charge >= 0.3 is 12.1 Å². The molecule has 1 aliphatic carbocycles. The number of amides is 1. The molecule has 0 atom stereocenters. The van der Waals surface area contributed by atoms with E-state index < -0.39 is 18.1 Å². The van der Waals surface area contributed by atoms with E-state index in [0.29, 0.717) is 12.8 Å². The highest BCUT2D eigenvalue weighted by atomic mass is 32.1. The van der Waals surface area contributed by atoms with Gasteiger partial charge in [0, 0.05) is 11.3 Å². The smallest absolute Gasteiger partial charge is 0.391 e. The van der Waals surface area contributed by atoms with Crippen molar-refractivity contribution in [3.05, 3.63) is 21.9 Å². The zero-order valence-corrected chi connectivity index (χ0v) is 13.2. The summed E-state index contributed by atoms with van der Waals surface area (Å²) in [6, 6.07) is 3.12. The van der Waals surface area contributed by atoms with Crippen molar-refractivity contribution in [2.45, 2.75) is 44.8 Å². The number of carbonyl (C=O) groups is 2. The van der Waals surface area contributed by atoms with E-state index in [1.807, 2.05) is 0 Å². The highest BCUT2D eigenvalue weighted by Gasteiger charge is 2.41. The SMILES string of the molecule is O=C(CC1CCC(C(F)(F)F)CC1)NCc1ccc(C(=O)O)s1. The molecule has 1 amide bonds. The molecule has 1 heterocycles. The van der Waals surface area contributed by atoms with Gasteiger partial charge in [-0.25, -0.2) is 4.79 Å². The molecular weight excluding hydrogens is 331 g/mol. The second kappa shape index (κ2) is 7.33. The molecule has 1 fully saturated rings. The van der Waals surface area contributed by atoms with Crippen LogP contribution in [0.4, 0.5) is 13.2 Å².